The lowest BCUT2D eigenvalue weighted by Crippen LogP contribution is -2.41. The summed E-state index contributed by atoms with van der Waals surface area (Å²) in [4.78, 5) is 12.4. The SMILES string of the molecule is CC1(C)C[C@@H](NC(=O)Cc2ccccc2Cl)c2ccccc2O1. The van der Waals surface area contributed by atoms with Gasteiger partial charge in [-0.15, -0.1) is 0 Å². The molecule has 23 heavy (non-hydrogen) atoms. The normalized spacial score (nSPS) is 18.7. The first-order valence-electron chi connectivity index (χ1n) is 7.75. The highest BCUT2D eigenvalue weighted by molar-refractivity contribution is 6.31. The molecule has 120 valence electrons. The van der Waals surface area contributed by atoms with Gasteiger partial charge in [-0.1, -0.05) is 48.0 Å². The summed E-state index contributed by atoms with van der Waals surface area (Å²) in [6.45, 7) is 4.08. The van der Waals surface area contributed by atoms with Gasteiger partial charge in [-0.05, 0) is 31.5 Å². The van der Waals surface area contributed by atoms with Gasteiger partial charge in [-0.25, -0.2) is 0 Å². The van der Waals surface area contributed by atoms with Crippen molar-refractivity contribution in [2.75, 3.05) is 0 Å². The minimum atomic E-state index is -0.309. The van der Waals surface area contributed by atoms with Gasteiger partial charge >= 0.3 is 0 Å². The maximum atomic E-state index is 12.4. The van der Waals surface area contributed by atoms with Crippen LogP contribution in [0.15, 0.2) is 48.5 Å². The number of fused-ring (bicyclic) bond motifs is 1. The van der Waals surface area contributed by atoms with Crippen LogP contribution >= 0.6 is 11.6 Å². The smallest absolute Gasteiger partial charge is 0.224 e. The van der Waals surface area contributed by atoms with Crippen molar-refractivity contribution >= 4 is 17.5 Å². The fourth-order valence-electron chi connectivity index (χ4n) is 2.99. The van der Waals surface area contributed by atoms with E-state index >= 15 is 0 Å². The van der Waals surface area contributed by atoms with E-state index in [1.807, 2.05) is 56.3 Å². The van der Waals surface area contributed by atoms with Crippen LogP contribution in [0.2, 0.25) is 5.02 Å². The molecule has 0 unspecified atom stereocenters. The second-order valence-electron chi connectivity index (χ2n) is 6.49. The van der Waals surface area contributed by atoms with Crippen LogP contribution in [-0.2, 0) is 11.2 Å². The average Bonchev–Trinajstić information content (AvgIpc) is 2.48. The number of hydrogen-bond acceptors (Lipinski definition) is 2. The van der Waals surface area contributed by atoms with Crippen molar-refractivity contribution in [1.82, 2.24) is 5.32 Å². The summed E-state index contributed by atoms with van der Waals surface area (Å²) in [6.07, 6.45) is 1.01. The van der Waals surface area contributed by atoms with Gasteiger partial charge < -0.3 is 10.1 Å². The molecule has 3 rings (SSSR count). The lowest BCUT2D eigenvalue weighted by molar-refractivity contribution is -0.121. The first kappa shape index (κ1) is 15.9. The Labute approximate surface area is 141 Å². The molecule has 2 aromatic rings. The van der Waals surface area contributed by atoms with Gasteiger partial charge in [-0.2, -0.15) is 0 Å². The van der Waals surface area contributed by atoms with Crippen LogP contribution in [0.1, 0.15) is 37.4 Å². The molecule has 0 bridgehead atoms. The Balaban J connectivity index is 1.77. The molecule has 0 radical (unpaired) electrons. The van der Waals surface area contributed by atoms with E-state index in [0.717, 1.165) is 23.3 Å². The van der Waals surface area contributed by atoms with Crippen LogP contribution in [0.3, 0.4) is 0 Å². The summed E-state index contributed by atoms with van der Waals surface area (Å²) in [5.41, 5.74) is 1.56. The lowest BCUT2D eigenvalue weighted by atomic mass is 9.89. The number of amides is 1. The molecule has 2 aromatic carbocycles. The van der Waals surface area contributed by atoms with Crippen LogP contribution < -0.4 is 10.1 Å². The van der Waals surface area contributed by atoms with Crippen molar-refractivity contribution in [3.8, 4) is 5.75 Å². The zero-order chi connectivity index (χ0) is 16.4. The largest absolute Gasteiger partial charge is 0.487 e. The standard InChI is InChI=1S/C19H20ClNO2/c1-19(2)12-16(14-8-4-6-10-17(14)23-19)21-18(22)11-13-7-3-5-9-15(13)20/h3-10,16H,11-12H2,1-2H3,(H,21,22)/t16-/m1/s1. The van der Waals surface area contributed by atoms with Crippen LogP contribution in [0.25, 0.3) is 0 Å². The summed E-state index contributed by atoms with van der Waals surface area (Å²) >= 11 is 6.14. The maximum absolute atomic E-state index is 12.4. The first-order chi connectivity index (χ1) is 10.9. The molecule has 0 saturated heterocycles. The number of rotatable bonds is 3. The van der Waals surface area contributed by atoms with Crippen LogP contribution in [0.5, 0.6) is 5.75 Å². The molecule has 0 spiro atoms. The third kappa shape index (κ3) is 3.67. The maximum Gasteiger partial charge on any atom is 0.224 e. The van der Waals surface area contributed by atoms with Crippen molar-refractivity contribution in [1.29, 1.82) is 0 Å². The molecule has 1 aliphatic rings. The Kier molecular flexibility index (Phi) is 4.31. The third-order valence-corrected chi connectivity index (χ3v) is 4.39. The molecular weight excluding hydrogens is 310 g/mol. The summed E-state index contributed by atoms with van der Waals surface area (Å²) in [5, 5.41) is 3.75. The fourth-order valence-corrected chi connectivity index (χ4v) is 3.19. The second kappa shape index (κ2) is 6.25. The molecule has 1 aliphatic heterocycles. The number of hydrogen-bond donors (Lipinski definition) is 1. The number of halogens is 1. The van der Waals surface area contributed by atoms with Gasteiger partial charge in [0.1, 0.15) is 11.4 Å². The van der Waals surface area contributed by atoms with E-state index in [4.69, 9.17) is 16.3 Å². The average molecular weight is 330 g/mol. The molecule has 0 fully saturated rings. The monoisotopic (exact) mass is 329 g/mol. The predicted octanol–water partition coefficient (Wildman–Crippen LogP) is 4.30. The summed E-state index contributed by atoms with van der Waals surface area (Å²) < 4.78 is 6.00. The Morgan fingerprint density at radius 3 is 2.70 bits per heavy atom. The quantitative estimate of drug-likeness (QED) is 0.911. The third-order valence-electron chi connectivity index (χ3n) is 4.02. The van der Waals surface area contributed by atoms with Crippen molar-refractivity contribution in [2.45, 2.75) is 38.3 Å². The van der Waals surface area contributed by atoms with Crippen molar-refractivity contribution in [2.24, 2.45) is 0 Å². The summed E-state index contributed by atoms with van der Waals surface area (Å²) in [6, 6.07) is 15.2. The van der Waals surface area contributed by atoms with Gasteiger partial charge in [0.05, 0.1) is 12.5 Å². The van der Waals surface area contributed by atoms with Crippen LogP contribution in [0, 0.1) is 0 Å². The number of carbonyl (C=O) groups excluding carboxylic acids is 1. The Morgan fingerprint density at radius 2 is 1.91 bits per heavy atom. The van der Waals surface area contributed by atoms with Gasteiger partial charge in [0.25, 0.3) is 0 Å². The van der Waals surface area contributed by atoms with E-state index in [1.165, 1.54) is 0 Å². The van der Waals surface area contributed by atoms with E-state index in [2.05, 4.69) is 5.32 Å². The van der Waals surface area contributed by atoms with E-state index in [9.17, 15) is 4.79 Å². The van der Waals surface area contributed by atoms with Crippen LogP contribution in [0.4, 0.5) is 0 Å². The van der Waals surface area contributed by atoms with E-state index in [0.29, 0.717) is 5.02 Å². The number of carbonyl (C=O) groups is 1. The van der Waals surface area contributed by atoms with Crippen molar-refractivity contribution < 1.29 is 9.53 Å². The summed E-state index contributed by atoms with van der Waals surface area (Å²) in [5.74, 6) is 0.808. The topological polar surface area (TPSA) is 38.3 Å². The van der Waals surface area contributed by atoms with Crippen molar-refractivity contribution in [3.63, 3.8) is 0 Å². The van der Waals surface area contributed by atoms with Gasteiger partial charge in [0.15, 0.2) is 0 Å². The molecule has 1 atom stereocenters. The highest BCUT2D eigenvalue weighted by Gasteiger charge is 2.34. The number of benzene rings is 2. The summed E-state index contributed by atoms with van der Waals surface area (Å²) in [7, 11) is 0. The Bertz CT molecular complexity index is 727. The number of para-hydroxylation sites is 1. The second-order valence-corrected chi connectivity index (χ2v) is 6.90. The molecular formula is C19H20ClNO2. The fraction of sp³-hybridized carbons (Fsp3) is 0.316. The minimum absolute atomic E-state index is 0.0318. The zero-order valence-corrected chi connectivity index (χ0v) is 14.1. The molecule has 1 amide bonds. The highest BCUT2D eigenvalue weighted by atomic mass is 35.5. The van der Waals surface area contributed by atoms with E-state index in [-0.39, 0.29) is 24.0 Å². The van der Waals surface area contributed by atoms with Crippen LogP contribution in [-0.4, -0.2) is 11.5 Å². The van der Waals surface area contributed by atoms with E-state index in [1.54, 1.807) is 6.07 Å². The van der Waals surface area contributed by atoms with E-state index < -0.39 is 0 Å². The molecule has 1 heterocycles. The first-order valence-corrected chi connectivity index (χ1v) is 8.13. The molecule has 4 heteroatoms. The molecule has 0 aromatic heterocycles. The minimum Gasteiger partial charge on any atom is -0.487 e. The Hall–Kier alpha value is -2.00. The number of nitrogens with one attached hydrogen (secondary N) is 1. The highest BCUT2D eigenvalue weighted by Crippen LogP contribution is 2.39. The lowest BCUT2D eigenvalue weighted by Gasteiger charge is -2.37. The van der Waals surface area contributed by atoms with Crippen molar-refractivity contribution in [3.05, 3.63) is 64.7 Å². The Morgan fingerprint density at radius 1 is 1.22 bits per heavy atom. The predicted molar refractivity (Wildman–Crippen MR) is 91.8 cm³/mol. The molecule has 0 aliphatic carbocycles. The molecule has 0 saturated carbocycles. The van der Waals surface area contributed by atoms with Gasteiger partial charge in [-0.3, -0.25) is 4.79 Å². The molecule has 1 N–H and O–H groups in total. The number of ether oxygens (including phenoxy) is 1. The van der Waals surface area contributed by atoms with Gasteiger partial charge in [0.2, 0.25) is 5.91 Å². The zero-order valence-electron chi connectivity index (χ0n) is 13.3. The molecule has 3 nitrogen and oxygen atoms in total. The van der Waals surface area contributed by atoms with Gasteiger partial charge in [0, 0.05) is 17.0 Å².